The fourth-order valence-electron chi connectivity index (χ4n) is 3.86. The van der Waals surface area contributed by atoms with Gasteiger partial charge in [-0.3, -0.25) is 13.9 Å². The average molecular weight is 526 g/mol. The molecule has 0 aliphatic heterocycles. The number of anilines is 1. The first-order valence-electron chi connectivity index (χ1n) is 12.1. The SMILES string of the molecule is CC(C)NC(=O)[C@@H](C)N(CCc1ccccc1)C(=O)CN(c1ccccc1F)S(=O)(=O)c1ccccc1. The number of carbonyl (C=O) groups is 2. The van der Waals surface area contributed by atoms with Crippen LogP contribution in [0.25, 0.3) is 0 Å². The van der Waals surface area contributed by atoms with Crippen molar-refractivity contribution in [1.82, 2.24) is 10.2 Å². The fourth-order valence-corrected chi connectivity index (χ4v) is 5.31. The normalized spacial score (nSPS) is 12.1. The van der Waals surface area contributed by atoms with Crippen molar-refractivity contribution in [2.75, 3.05) is 17.4 Å². The van der Waals surface area contributed by atoms with Crippen molar-refractivity contribution in [1.29, 1.82) is 0 Å². The summed E-state index contributed by atoms with van der Waals surface area (Å²) in [7, 11) is -4.29. The molecular formula is C28H32FN3O4S. The minimum Gasteiger partial charge on any atom is -0.352 e. The largest absolute Gasteiger partial charge is 0.352 e. The molecule has 0 unspecified atom stereocenters. The van der Waals surface area contributed by atoms with E-state index in [1.165, 1.54) is 35.2 Å². The number of sulfonamides is 1. The Kier molecular flexibility index (Phi) is 9.41. The lowest BCUT2D eigenvalue weighted by molar-refractivity contribution is -0.139. The summed E-state index contributed by atoms with van der Waals surface area (Å²) < 4.78 is 42.8. The van der Waals surface area contributed by atoms with Crippen LogP contribution in [0.2, 0.25) is 0 Å². The van der Waals surface area contributed by atoms with Crippen molar-refractivity contribution < 1.29 is 22.4 Å². The molecule has 0 aliphatic carbocycles. The number of rotatable bonds is 11. The highest BCUT2D eigenvalue weighted by Gasteiger charge is 2.33. The summed E-state index contributed by atoms with van der Waals surface area (Å²) in [6.45, 7) is 4.72. The number of hydrogen-bond donors (Lipinski definition) is 1. The molecular weight excluding hydrogens is 493 g/mol. The molecule has 3 aromatic carbocycles. The molecule has 9 heteroatoms. The van der Waals surface area contributed by atoms with E-state index in [0.29, 0.717) is 6.42 Å². The Bertz CT molecular complexity index is 1300. The third kappa shape index (κ3) is 7.16. The van der Waals surface area contributed by atoms with Gasteiger partial charge in [0.25, 0.3) is 10.0 Å². The van der Waals surface area contributed by atoms with E-state index in [0.717, 1.165) is 15.9 Å². The van der Waals surface area contributed by atoms with Crippen LogP contribution in [-0.2, 0) is 26.0 Å². The monoisotopic (exact) mass is 525 g/mol. The molecule has 0 aliphatic rings. The predicted molar refractivity (Wildman–Crippen MR) is 142 cm³/mol. The van der Waals surface area contributed by atoms with Gasteiger partial charge in [-0.2, -0.15) is 0 Å². The summed E-state index contributed by atoms with van der Waals surface area (Å²) >= 11 is 0. The van der Waals surface area contributed by atoms with Crippen molar-refractivity contribution >= 4 is 27.5 Å². The fraction of sp³-hybridized carbons (Fsp3) is 0.286. The Balaban J connectivity index is 1.97. The highest BCUT2D eigenvalue weighted by molar-refractivity contribution is 7.92. The Labute approximate surface area is 218 Å². The molecule has 1 N–H and O–H groups in total. The minimum absolute atomic E-state index is 0.0764. The summed E-state index contributed by atoms with van der Waals surface area (Å²) in [6.07, 6.45) is 0.455. The molecule has 196 valence electrons. The summed E-state index contributed by atoms with van der Waals surface area (Å²) in [5.74, 6) is -1.76. The Morgan fingerprint density at radius 1 is 0.865 bits per heavy atom. The number of hydrogen-bond acceptors (Lipinski definition) is 4. The number of nitrogens with zero attached hydrogens (tertiary/aromatic N) is 2. The maximum atomic E-state index is 14.8. The van der Waals surface area contributed by atoms with Gasteiger partial charge in [-0.05, 0) is 57.0 Å². The Hall–Kier alpha value is -3.72. The number of benzene rings is 3. The van der Waals surface area contributed by atoms with Gasteiger partial charge in [-0.15, -0.1) is 0 Å². The van der Waals surface area contributed by atoms with E-state index in [-0.39, 0.29) is 29.1 Å². The highest BCUT2D eigenvalue weighted by atomic mass is 32.2. The third-order valence-electron chi connectivity index (χ3n) is 5.81. The van der Waals surface area contributed by atoms with Crippen LogP contribution in [-0.4, -0.2) is 50.3 Å². The van der Waals surface area contributed by atoms with Crippen LogP contribution in [0.3, 0.4) is 0 Å². The zero-order chi connectivity index (χ0) is 27.0. The van der Waals surface area contributed by atoms with Gasteiger partial charge in [0.2, 0.25) is 11.8 Å². The second-order valence-corrected chi connectivity index (χ2v) is 10.8. The molecule has 37 heavy (non-hydrogen) atoms. The molecule has 2 amide bonds. The van der Waals surface area contributed by atoms with Gasteiger partial charge in [-0.1, -0.05) is 60.7 Å². The van der Waals surface area contributed by atoms with Crippen LogP contribution in [0.4, 0.5) is 10.1 Å². The minimum atomic E-state index is -4.29. The number of amides is 2. The lowest BCUT2D eigenvalue weighted by atomic mass is 10.1. The molecule has 0 spiro atoms. The van der Waals surface area contributed by atoms with E-state index in [9.17, 15) is 22.4 Å². The number of para-hydroxylation sites is 1. The third-order valence-corrected chi connectivity index (χ3v) is 7.59. The van der Waals surface area contributed by atoms with Crippen LogP contribution < -0.4 is 9.62 Å². The van der Waals surface area contributed by atoms with E-state index in [1.807, 2.05) is 44.2 Å². The van der Waals surface area contributed by atoms with Gasteiger partial charge >= 0.3 is 0 Å². The number of carbonyl (C=O) groups excluding carboxylic acids is 2. The van der Waals surface area contributed by atoms with Gasteiger partial charge in [0.15, 0.2) is 0 Å². The van der Waals surface area contributed by atoms with Gasteiger partial charge in [-0.25, -0.2) is 12.8 Å². The number of nitrogens with one attached hydrogen (secondary N) is 1. The molecule has 0 fully saturated rings. The lowest BCUT2D eigenvalue weighted by Crippen LogP contribution is -2.53. The predicted octanol–water partition coefficient (Wildman–Crippen LogP) is 4.01. The maximum Gasteiger partial charge on any atom is 0.264 e. The smallest absolute Gasteiger partial charge is 0.264 e. The molecule has 7 nitrogen and oxygen atoms in total. The Morgan fingerprint density at radius 3 is 2.03 bits per heavy atom. The van der Waals surface area contributed by atoms with Crippen molar-refractivity contribution in [3.8, 4) is 0 Å². The zero-order valence-corrected chi connectivity index (χ0v) is 22.0. The van der Waals surface area contributed by atoms with Gasteiger partial charge in [0.1, 0.15) is 18.4 Å². The van der Waals surface area contributed by atoms with Crippen molar-refractivity contribution in [3.63, 3.8) is 0 Å². The zero-order valence-electron chi connectivity index (χ0n) is 21.2. The van der Waals surface area contributed by atoms with Crippen LogP contribution >= 0.6 is 0 Å². The van der Waals surface area contributed by atoms with Crippen molar-refractivity contribution in [2.45, 2.75) is 44.2 Å². The summed E-state index contributed by atoms with van der Waals surface area (Å²) in [5.41, 5.74) is 0.710. The molecule has 0 radical (unpaired) electrons. The second-order valence-electron chi connectivity index (χ2n) is 8.94. The summed E-state index contributed by atoms with van der Waals surface area (Å²) in [4.78, 5) is 27.8. The van der Waals surface area contributed by atoms with Crippen LogP contribution in [0.1, 0.15) is 26.3 Å². The number of halogens is 1. The molecule has 3 aromatic rings. The summed E-state index contributed by atoms with van der Waals surface area (Å²) in [6, 6.07) is 21.4. The molecule has 1 atom stereocenters. The van der Waals surface area contributed by atoms with Crippen molar-refractivity contribution in [3.05, 3.63) is 96.3 Å². The average Bonchev–Trinajstić information content (AvgIpc) is 2.88. The molecule has 0 saturated carbocycles. The molecule has 0 bridgehead atoms. The van der Waals surface area contributed by atoms with Crippen LogP contribution in [0, 0.1) is 5.82 Å². The molecule has 0 aromatic heterocycles. The Morgan fingerprint density at radius 2 is 1.43 bits per heavy atom. The van der Waals surface area contributed by atoms with Gasteiger partial charge < -0.3 is 10.2 Å². The van der Waals surface area contributed by atoms with Crippen molar-refractivity contribution in [2.24, 2.45) is 0 Å². The van der Waals surface area contributed by atoms with Gasteiger partial charge in [0, 0.05) is 12.6 Å². The molecule has 3 rings (SSSR count). The van der Waals surface area contributed by atoms with Crippen LogP contribution in [0.15, 0.2) is 89.8 Å². The van der Waals surface area contributed by atoms with Gasteiger partial charge in [0.05, 0.1) is 10.6 Å². The first-order chi connectivity index (χ1) is 17.6. The van der Waals surface area contributed by atoms with E-state index in [2.05, 4.69) is 5.32 Å². The standard InChI is InChI=1S/C28H32FN3O4S/c1-21(2)30-28(34)22(3)31(19-18-23-12-6-4-7-13-23)27(33)20-32(26-17-11-10-16-25(26)29)37(35,36)24-14-8-5-9-15-24/h4-17,21-22H,18-20H2,1-3H3,(H,30,34)/t22-/m1/s1. The van der Waals surface area contributed by atoms with E-state index < -0.39 is 34.3 Å². The van der Waals surface area contributed by atoms with E-state index >= 15 is 0 Å². The van der Waals surface area contributed by atoms with Crippen LogP contribution in [0.5, 0.6) is 0 Å². The van der Waals surface area contributed by atoms with E-state index in [1.54, 1.807) is 25.1 Å². The lowest BCUT2D eigenvalue weighted by Gasteiger charge is -2.32. The quantitative estimate of drug-likeness (QED) is 0.410. The second kappa shape index (κ2) is 12.5. The topological polar surface area (TPSA) is 86.8 Å². The molecule has 0 heterocycles. The maximum absolute atomic E-state index is 14.8. The van der Waals surface area contributed by atoms with E-state index in [4.69, 9.17) is 0 Å². The molecule has 0 saturated heterocycles. The first kappa shape index (κ1) is 27.9. The first-order valence-corrected chi connectivity index (χ1v) is 13.5. The summed E-state index contributed by atoms with van der Waals surface area (Å²) in [5, 5.41) is 2.80. The highest BCUT2D eigenvalue weighted by Crippen LogP contribution is 2.26.